The van der Waals surface area contributed by atoms with Crippen LogP contribution >= 0.6 is 11.8 Å². The number of methoxy groups -OCH3 is 1. The van der Waals surface area contributed by atoms with Crippen LogP contribution in [0.15, 0.2) is 18.2 Å². The zero-order chi connectivity index (χ0) is 13.2. The zero-order valence-corrected chi connectivity index (χ0v) is 11.5. The highest BCUT2D eigenvalue weighted by Gasteiger charge is 2.21. The molecule has 1 unspecified atom stereocenters. The number of hydrogen-bond donors (Lipinski definition) is 0. The maximum absolute atomic E-state index is 11.8. The van der Waals surface area contributed by atoms with Crippen LogP contribution in [-0.2, 0) is 11.2 Å². The number of aromatic nitrogens is 3. The lowest BCUT2D eigenvalue weighted by molar-refractivity contribution is 0.0592. The van der Waals surface area contributed by atoms with E-state index < -0.39 is 0 Å². The average Bonchev–Trinajstić information content (AvgIpc) is 3.08. The van der Waals surface area contributed by atoms with Gasteiger partial charge in [0.15, 0.2) is 5.65 Å². The monoisotopic (exact) mass is 277 g/mol. The highest BCUT2D eigenvalue weighted by atomic mass is 32.2. The predicted molar refractivity (Wildman–Crippen MR) is 73.5 cm³/mol. The van der Waals surface area contributed by atoms with E-state index in [-0.39, 0.29) is 5.97 Å². The Bertz CT molecular complexity index is 605. The summed E-state index contributed by atoms with van der Waals surface area (Å²) in [5.41, 5.74) is 1.18. The van der Waals surface area contributed by atoms with Gasteiger partial charge in [-0.15, -0.1) is 10.2 Å². The van der Waals surface area contributed by atoms with Crippen LogP contribution in [0.1, 0.15) is 29.2 Å². The fourth-order valence-corrected chi connectivity index (χ4v) is 3.67. The van der Waals surface area contributed by atoms with Crippen LogP contribution in [0, 0.1) is 0 Å². The van der Waals surface area contributed by atoms with Crippen molar-refractivity contribution < 1.29 is 9.53 Å². The van der Waals surface area contributed by atoms with Gasteiger partial charge in [-0.2, -0.15) is 11.8 Å². The number of esters is 1. The first-order chi connectivity index (χ1) is 9.29. The van der Waals surface area contributed by atoms with E-state index in [1.165, 1.54) is 25.7 Å². The van der Waals surface area contributed by atoms with Crippen molar-refractivity contribution in [3.8, 4) is 0 Å². The third-order valence-electron chi connectivity index (χ3n) is 3.32. The number of pyridine rings is 1. The summed E-state index contributed by atoms with van der Waals surface area (Å²) in [6, 6.07) is 5.39. The van der Waals surface area contributed by atoms with Crippen LogP contribution in [0.3, 0.4) is 0 Å². The molecule has 1 aliphatic rings. The number of carbonyl (C=O) groups excluding carboxylic acids is 1. The summed E-state index contributed by atoms with van der Waals surface area (Å²) < 4.78 is 6.63. The highest BCUT2D eigenvalue weighted by Crippen LogP contribution is 2.28. The van der Waals surface area contributed by atoms with Gasteiger partial charge in [0.2, 0.25) is 0 Å². The topological polar surface area (TPSA) is 56.5 Å². The van der Waals surface area contributed by atoms with Gasteiger partial charge in [0, 0.05) is 11.7 Å². The molecular weight excluding hydrogens is 262 g/mol. The molecule has 0 N–H and O–H groups in total. The minimum Gasteiger partial charge on any atom is -0.464 e. The Morgan fingerprint density at radius 1 is 1.53 bits per heavy atom. The number of rotatable bonds is 3. The summed E-state index contributed by atoms with van der Waals surface area (Å²) >= 11 is 1.97. The number of hydrogen-bond acceptors (Lipinski definition) is 5. The Kier molecular flexibility index (Phi) is 3.42. The van der Waals surface area contributed by atoms with Crippen LogP contribution in [-0.4, -0.2) is 38.7 Å². The molecule has 2 aromatic rings. The van der Waals surface area contributed by atoms with Crippen molar-refractivity contribution >= 4 is 23.4 Å². The maximum atomic E-state index is 11.8. The van der Waals surface area contributed by atoms with E-state index in [4.69, 9.17) is 4.74 Å². The molecule has 3 heterocycles. The number of thioether (sulfide) groups is 1. The smallest absolute Gasteiger partial charge is 0.355 e. The van der Waals surface area contributed by atoms with Gasteiger partial charge in [-0.25, -0.2) is 4.79 Å². The molecule has 0 spiro atoms. The van der Waals surface area contributed by atoms with Gasteiger partial charge < -0.3 is 4.74 Å². The van der Waals surface area contributed by atoms with Gasteiger partial charge in [-0.1, -0.05) is 6.07 Å². The molecule has 0 bridgehead atoms. The van der Waals surface area contributed by atoms with Crippen LogP contribution in [0.5, 0.6) is 0 Å². The third-order valence-corrected chi connectivity index (χ3v) is 4.72. The van der Waals surface area contributed by atoms with Crippen LogP contribution in [0.4, 0.5) is 0 Å². The summed E-state index contributed by atoms with van der Waals surface area (Å²) in [5.74, 6) is 1.70. The van der Waals surface area contributed by atoms with Gasteiger partial charge in [-0.05, 0) is 30.7 Å². The summed E-state index contributed by atoms with van der Waals surface area (Å²) in [6.45, 7) is 0. The second-order valence-electron chi connectivity index (χ2n) is 4.55. The molecule has 1 aliphatic heterocycles. The molecule has 1 atom stereocenters. The molecular formula is C13H15N3O2S. The Hall–Kier alpha value is -1.56. The summed E-state index contributed by atoms with van der Waals surface area (Å²) in [6.07, 6.45) is 3.32. The molecule has 0 amide bonds. The number of nitrogens with zero attached hydrogens (tertiary/aromatic N) is 3. The van der Waals surface area contributed by atoms with Crippen LogP contribution in [0.25, 0.3) is 5.65 Å². The predicted octanol–water partition coefficient (Wildman–Crippen LogP) is 1.95. The molecule has 3 rings (SSSR count). The molecule has 0 aliphatic carbocycles. The molecule has 1 saturated heterocycles. The first-order valence-electron chi connectivity index (χ1n) is 6.32. The molecule has 100 valence electrons. The Balaban J connectivity index is 2.01. The quantitative estimate of drug-likeness (QED) is 0.803. The fourth-order valence-electron chi connectivity index (χ4n) is 2.41. The zero-order valence-electron chi connectivity index (χ0n) is 10.7. The van der Waals surface area contributed by atoms with E-state index in [2.05, 4.69) is 10.2 Å². The number of fused-ring (bicyclic) bond motifs is 1. The van der Waals surface area contributed by atoms with Crippen LogP contribution < -0.4 is 0 Å². The van der Waals surface area contributed by atoms with E-state index in [0.717, 1.165) is 12.2 Å². The van der Waals surface area contributed by atoms with Crippen molar-refractivity contribution in [3.05, 3.63) is 29.7 Å². The van der Waals surface area contributed by atoms with Gasteiger partial charge in [0.1, 0.15) is 11.5 Å². The van der Waals surface area contributed by atoms with E-state index in [1.54, 1.807) is 12.1 Å². The minimum atomic E-state index is -0.356. The SMILES string of the molecule is COC(=O)c1cccc2nnc(CC3CCCS3)n12. The van der Waals surface area contributed by atoms with Crippen LogP contribution in [0.2, 0.25) is 0 Å². The minimum absolute atomic E-state index is 0.356. The van der Waals surface area contributed by atoms with E-state index >= 15 is 0 Å². The van der Waals surface area contributed by atoms with Gasteiger partial charge >= 0.3 is 5.97 Å². The molecule has 1 fully saturated rings. The molecule has 6 heteroatoms. The average molecular weight is 277 g/mol. The third kappa shape index (κ3) is 2.32. The van der Waals surface area contributed by atoms with Crippen molar-refractivity contribution in [2.45, 2.75) is 24.5 Å². The van der Waals surface area contributed by atoms with E-state index in [0.29, 0.717) is 16.6 Å². The Morgan fingerprint density at radius 3 is 3.16 bits per heavy atom. The van der Waals surface area contributed by atoms with Crippen molar-refractivity contribution in [1.29, 1.82) is 0 Å². The lowest BCUT2D eigenvalue weighted by atomic mass is 10.2. The molecule has 19 heavy (non-hydrogen) atoms. The van der Waals surface area contributed by atoms with Gasteiger partial charge in [0.05, 0.1) is 7.11 Å². The lowest BCUT2D eigenvalue weighted by Crippen LogP contribution is -2.12. The van der Waals surface area contributed by atoms with E-state index in [1.807, 2.05) is 22.2 Å². The van der Waals surface area contributed by atoms with E-state index in [9.17, 15) is 4.79 Å². The summed E-state index contributed by atoms with van der Waals surface area (Å²) in [5, 5.41) is 8.94. The van der Waals surface area contributed by atoms with Gasteiger partial charge in [-0.3, -0.25) is 4.40 Å². The van der Waals surface area contributed by atoms with Crippen molar-refractivity contribution in [1.82, 2.24) is 14.6 Å². The molecule has 0 aromatic carbocycles. The second-order valence-corrected chi connectivity index (χ2v) is 5.96. The summed E-state index contributed by atoms with van der Waals surface area (Å²) in [7, 11) is 1.39. The standard InChI is InChI=1S/C13H15N3O2S/c1-18-13(17)10-5-2-6-11-14-15-12(16(10)11)8-9-4-3-7-19-9/h2,5-6,9H,3-4,7-8H2,1H3. The summed E-state index contributed by atoms with van der Waals surface area (Å²) in [4.78, 5) is 11.8. The Labute approximate surface area is 115 Å². The fraction of sp³-hybridized carbons (Fsp3) is 0.462. The largest absolute Gasteiger partial charge is 0.464 e. The maximum Gasteiger partial charge on any atom is 0.355 e. The number of carbonyl (C=O) groups is 1. The van der Waals surface area contributed by atoms with Crippen molar-refractivity contribution in [2.24, 2.45) is 0 Å². The molecule has 2 aromatic heterocycles. The normalized spacial score (nSPS) is 18.9. The lowest BCUT2D eigenvalue weighted by Gasteiger charge is -2.09. The first-order valence-corrected chi connectivity index (χ1v) is 7.37. The molecule has 5 nitrogen and oxygen atoms in total. The highest BCUT2D eigenvalue weighted by molar-refractivity contribution is 8.00. The molecule has 0 radical (unpaired) electrons. The molecule has 0 saturated carbocycles. The first kappa shape index (κ1) is 12.5. The van der Waals surface area contributed by atoms with Crippen molar-refractivity contribution in [3.63, 3.8) is 0 Å². The van der Waals surface area contributed by atoms with Crippen molar-refractivity contribution in [2.75, 3.05) is 12.9 Å². The second kappa shape index (κ2) is 5.21. The Morgan fingerprint density at radius 2 is 2.42 bits per heavy atom. The number of ether oxygens (including phenoxy) is 1. The van der Waals surface area contributed by atoms with Gasteiger partial charge in [0.25, 0.3) is 0 Å².